The Hall–Kier alpha value is -1.89. The first-order valence-corrected chi connectivity index (χ1v) is 8.94. The van der Waals surface area contributed by atoms with Gasteiger partial charge in [-0.05, 0) is 36.7 Å². The van der Waals surface area contributed by atoms with E-state index in [1.165, 1.54) is 4.88 Å². The van der Waals surface area contributed by atoms with Gasteiger partial charge in [-0.15, -0.1) is 11.3 Å². The van der Waals surface area contributed by atoms with Crippen molar-refractivity contribution in [2.45, 2.75) is 24.6 Å². The standard InChI is InChI=1S/C18H23N3O2S/c1-21(2)14(16-8-5-9-24-16)11-19-18(23)20-17-13-7-4-3-6-12(13)10-15(17)22/h3-9,14-15,17,22H,10-11H2,1-2H3,(H2,19,20,23)/t14?,15-,17+/m0/s1. The third kappa shape index (κ3) is 3.61. The van der Waals surface area contributed by atoms with E-state index in [1.54, 1.807) is 11.3 Å². The molecule has 3 rings (SSSR count). The van der Waals surface area contributed by atoms with Gasteiger partial charge in [-0.2, -0.15) is 0 Å². The van der Waals surface area contributed by atoms with E-state index in [9.17, 15) is 9.90 Å². The number of aliphatic hydroxyl groups is 1. The second-order valence-electron chi connectivity index (χ2n) is 6.30. The van der Waals surface area contributed by atoms with E-state index in [2.05, 4.69) is 21.6 Å². The summed E-state index contributed by atoms with van der Waals surface area (Å²) in [6.07, 6.45) is 0.00601. The van der Waals surface area contributed by atoms with E-state index in [1.807, 2.05) is 49.8 Å². The van der Waals surface area contributed by atoms with Gasteiger partial charge in [-0.25, -0.2) is 4.79 Å². The number of likely N-dealkylation sites (N-methyl/N-ethyl adjacent to an activating group) is 1. The summed E-state index contributed by atoms with van der Waals surface area (Å²) in [5.41, 5.74) is 2.10. The van der Waals surface area contributed by atoms with Crippen LogP contribution >= 0.6 is 11.3 Å². The van der Waals surface area contributed by atoms with Crippen LogP contribution in [0.3, 0.4) is 0 Å². The molecule has 6 heteroatoms. The second kappa shape index (κ2) is 7.34. The predicted molar refractivity (Wildman–Crippen MR) is 96.2 cm³/mol. The Bertz CT molecular complexity index is 687. The summed E-state index contributed by atoms with van der Waals surface area (Å²) in [7, 11) is 4.00. The summed E-state index contributed by atoms with van der Waals surface area (Å²) >= 11 is 1.68. The number of thiophene rings is 1. The molecule has 1 aromatic carbocycles. The number of urea groups is 1. The number of rotatable bonds is 5. The van der Waals surface area contributed by atoms with Crippen LogP contribution in [0, 0.1) is 0 Å². The molecule has 0 spiro atoms. The molecule has 0 bridgehead atoms. The fraction of sp³-hybridized carbons (Fsp3) is 0.389. The molecule has 2 amide bonds. The highest BCUT2D eigenvalue weighted by atomic mass is 32.1. The lowest BCUT2D eigenvalue weighted by Crippen LogP contribution is -2.43. The molecule has 0 radical (unpaired) electrons. The van der Waals surface area contributed by atoms with Crippen LogP contribution in [0.4, 0.5) is 4.79 Å². The Balaban J connectivity index is 1.60. The van der Waals surface area contributed by atoms with Gasteiger partial charge in [0.1, 0.15) is 0 Å². The van der Waals surface area contributed by atoms with Gasteiger partial charge < -0.3 is 20.6 Å². The molecule has 0 saturated carbocycles. The Morgan fingerprint density at radius 1 is 1.33 bits per heavy atom. The van der Waals surface area contributed by atoms with Crippen molar-refractivity contribution >= 4 is 17.4 Å². The van der Waals surface area contributed by atoms with Gasteiger partial charge >= 0.3 is 6.03 Å². The van der Waals surface area contributed by atoms with E-state index >= 15 is 0 Å². The van der Waals surface area contributed by atoms with E-state index < -0.39 is 6.10 Å². The van der Waals surface area contributed by atoms with Crippen molar-refractivity contribution in [2.24, 2.45) is 0 Å². The van der Waals surface area contributed by atoms with Crippen molar-refractivity contribution in [3.63, 3.8) is 0 Å². The molecule has 1 aliphatic rings. The van der Waals surface area contributed by atoms with Crippen molar-refractivity contribution in [3.8, 4) is 0 Å². The van der Waals surface area contributed by atoms with E-state index in [0.29, 0.717) is 13.0 Å². The highest BCUT2D eigenvalue weighted by Gasteiger charge is 2.32. The van der Waals surface area contributed by atoms with Gasteiger partial charge in [-0.1, -0.05) is 30.3 Å². The zero-order valence-electron chi connectivity index (χ0n) is 13.9. The smallest absolute Gasteiger partial charge is 0.315 e. The van der Waals surface area contributed by atoms with Crippen LogP contribution < -0.4 is 10.6 Å². The van der Waals surface area contributed by atoms with Crippen LogP contribution in [0.15, 0.2) is 41.8 Å². The van der Waals surface area contributed by atoms with Crippen molar-refractivity contribution < 1.29 is 9.90 Å². The highest BCUT2D eigenvalue weighted by Crippen LogP contribution is 2.31. The van der Waals surface area contributed by atoms with Crippen molar-refractivity contribution in [1.29, 1.82) is 0 Å². The lowest BCUT2D eigenvalue weighted by molar-refractivity contribution is 0.142. The zero-order valence-corrected chi connectivity index (χ0v) is 14.7. The van der Waals surface area contributed by atoms with Gasteiger partial charge in [0.25, 0.3) is 0 Å². The lowest BCUT2D eigenvalue weighted by Gasteiger charge is -2.24. The molecular weight excluding hydrogens is 322 g/mol. The van der Waals surface area contributed by atoms with Crippen molar-refractivity contribution in [1.82, 2.24) is 15.5 Å². The van der Waals surface area contributed by atoms with Gasteiger partial charge in [0.2, 0.25) is 0 Å². The number of fused-ring (bicyclic) bond motifs is 1. The topological polar surface area (TPSA) is 64.6 Å². The number of hydrogen-bond acceptors (Lipinski definition) is 4. The lowest BCUT2D eigenvalue weighted by atomic mass is 10.1. The molecule has 3 atom stereocenters. The Morgan fingerprint density at radius 2 is 2.12 bits per heavy atom. The van der Waals surface area contributed by atoms with Crippen LogP contribution in [-0.2, 0) is 6.42 Å². The van der Waals surface area contributed by atoms with Gasteiger partial charge in [-0.3, -0.25) is 0 Å². The number of nitrogens with one attached hydrogen (secondary N) is 2. The highest BCUT2D eigenvalue weighted by molar-refractivity contribution is 7.10. The fourth-order valence-electron chi connectivity index (χ4n) is 3.15. The monoisotopic (exact) mass is 345 g/mol. The predicted octanol–water partition coefficient (Wildman–Crippen LogP) is 2.31. The van der Waals surface area contributed by atoms with Crippen LogP contribution in [0.2, 0.25) is 0 Å². The number of nitrogens with zero attached hydrogens (tertiary/aromatic N) is 1. The quantitative estimate of drug-likeness (QED) is 0.779. The molecule has 128 valence electrons. The Labute approximate surface area is 146 Å². The molecule has 1 heterocycles. The van der Waals surface area contributed by atoms with Crippen molar-refractivity contribution in [3.05, 3.63) is 57.8 Å². The van der Waals surface area contributed by atoms with E-state index in [0.717, 1.165) is 11.1 Å². The van der Waals surface area contributed by atoms with Crippen LogP contribution in [0.5, 0.6) is 0 Å². The average Bonchev–Trinajstić information content (AvgIpc) is 3.16. The Morgan fingerprint density at radius 3 is 2.83 bits per heavy atom. The van der Waals surface area contributed by atoms with Gasteiger partial charge in [0.05, 0.1) is 18.2 Å². The normalized spacial score (nSPS) is 20.7. The van der Waals surface area contributed by atoms with E-state index in [4.69, 9.17) is 0 Å². The van der Waals surface area contributed by atoms with Crippen LogP contribution in [-0.4, -0.2) is 42.8 Å². The maximum Gasteiger partial charge on any atom is 0.315 e. The Kier molecular flexibility index (Phi) is 5.18. The van der Waals surface area contributed by atoms with Crippen molar-refractivity contribution in [2.75, 3.05) is 20.6 Å². The average molecular weight is 345 g/mol. The first-order chi connectivity index (χ1) is 11.6. The summed E-state index contributed by atoms with van der Waals surface area (Å²) in [5.74, 6) is 0. The summed E-state index contributed by atoms with van der Waals surface area (Å²) in [5, 5.41) is 18.1. The number of carbonyl (C=O) groups excluding carboxylic acids is 1. The molecular formula is C18H23N3O2S. The third-order valence-electron chi connectivity index (χ3n) is 4.44. The molecule has 1 aromatic heterocycles. The maximum absolute atomic E-state index is 12.3. The summed E-state index contributed by atoms with van der Waals surface area (Å²) in [6.45, 7) is 0.518. The molecule has 1 aliphatic carbocycles. The summed E-state index contributed by atoms with van der Waals surface area (Å²) in [4.78, 5) is 15.6. The number of carbonyl (C=O) groups is 1. The number of amides is 2. The summed E-state index contributed by atoms with van der Waals surface area (Å²) in [6, 6.07) is 11.5. The van der Waals surface area contributed by atoms with E-state index in [-0.39, 0.29) is 18.1 Å². The maximum atomic E-state index is 12.3. The molecule has 2 aromatic rings. The molecule has 5 nitrogen and oxygen atoms in total. The van der Waals surface area contributed by atoms with Gasteiger partial charge in [0, 0.05) is 17.8 Å². The minimum absolute atomic E-state index is 0.136. The molecule has 0 fully saturated rings. The number of benzene rings is 1. The largest absolute Gasteiger partial charge is 0.390 e. The minimum Gasteiger partial charge on any atom is -0.390 e. The van der Waals surface area contributed by atoms with Crippen LogP contribution in [0.25, 0.3) is 0 Å². The first-order valence-electron chi connectivity index (χ1n) is 8.06. The fourth-order valence-corrected chi connectivity index (χ4v) is 4.07. The SMILES string of the molecule is CN(C)C(CNC(=O)N[C@@H]1c2ccccc2C[C@@H]1O)c1cccs1. The number of aliphatic hydroxyl groups excluding tert-OH is 1. The molecule has 0 saturated heterocycles. The van der Waals surface area contributed by atoms with Gasteiger partial charge in [0.15, 0.2) is 0 Å². The number of hydrogen-bond donors (Lipinski definition) is 3. The zero-order chi connectivity index (χ0) is 17.1. The third-order valence-corrected chi connectivity index (χ3v) is 5.42. The molecule has 0 aliphatic heterocycles. The molecule has 3 N–H and O–H groups in total. The summed E-state index contributed by atoms with van der Waals surface area (Å²) < 4.78 is 0. The second-order valence-corrected chi connectivity index (χ2v) is 7.28. The molecule has 1 unspecified atom stereocenters. The van der Waals surface area contributed by atoms with Crippen LogP contribution in [0.1, 0.15) is 28.1 Å². The first kappa shape index (κ1) is 17.0. The molecule has 24 heavy (non-hydrogen) atoms. The minimum atomic E-state index is -0.574.